The molecule has 0 aliphatic rings. The summed E-state index contributed by atoms with van der Waals surface area (Å²) in [4.78, 5) is 0. The van der Waals surface area contributed by atoms with E-state index in [9.17, 15) is 35.1 Å². The van der Waals surface area contributed by atoms with Gasteiger partial charge in [0, 0.05) is 0 Å². The highest BCUT2D eigenvalue weighted by Crippen LogP contribution is 2.32. The fraction of sp³-hybridized carbons (Fsp3) is 0.400. The number of hydrogen-bond acceptors (Lipinski definition) is 1. The lowest BCUT2D eigenvalue weighted by atomic mass is 10.0. The van der Waals surface area contributed by atoms with Crippen LogP contribution < -0.4 is 4.74 Å². The molecule has 0 aliphatic carbocycles. The third-order valence-electron chi connectivity index (χ3n) is 5.40. The van der Waals surface area contributed by atoms with Crippen LogP contribution >= 0.6 is 0 Å². The Hall–Kier alpha value is -3.10. The summed E-state index contributed by atoms with van der Waals surface area (Å²) < 4.78 is 102. The Labute approximate surface area is 224 Å². The average molecular weight is 563 g/mol. The Morgan fingerprint density at radius 2 is 1.08 bits per heavy atom. The number of alkyl halides is 6. The van der Waals surface area contributed by atoms with Crippen molar-refractivity contribution in [2.75, 3.05) is 0 Å². The molecule has 0 atom stereocenters. The first-order chi connectivity index (χ1) is 17.8. The summed E-state index contributed by atoms with van der Waals surface area (Å²) in [6.45, 7) is 13.3. The van der Waals surface area contributed by atoms with Gasteiger partial charge in [-0.3, -0.25) is 0 Å². The number of ether oxygens (including phenoxy) is 1. The van der Waals surface area contributed by atoms with E-state index in [1.165, 1.54) is 12.1 Å². The normalized spacial score (nSPS) is 11.6. The molecule has 216 valence electrons. The summed E-state index contributed by atoms with van der Waals surface area (Å²) in [5.41, 5.74) is 2.32. The van der Waals surface area contributed by atoms with E-state index in [1.807, 2.05) is 26.8 Å². The maximum atomic E-state index is 12.8. The van der Waals surface area contributed by atoms with Crippen LogP contribution in [0.25, 0.3) is 0 Å². The molecule has 1 nitrogen and oxygen atoms in total. The summed E-state index contributed by atoms with van der Waals surface area (Å²) in [6.07, 6.45) is -9.10. The SMILES string of the molecule is CC(C)c1cc(F)cc(C(F)(F)F)c1.CC(C)c1cccc(OC(F)(F)F)c1.Cc1cc(F)cc(C(C)C)c1. The standard InChI is InChI=1S/C10H10F4.C10H11F3O.C10H13F/c1-6(2)7-3-8(10(12,13)14)5-9(11)4-7;1-7(2)8-4-3-5-9(6-8)14-10(11,12)13;1-7(2)9-4-8(3)5-10(11)6-9/h3-6H,1-2H3;3-7H,1-2H3;4-7H,1-3H3. The first-order valence-electron chi connectivity index (χ1n) is 12.3. The highest BCUT2D eigenvalue weighted by atomic mass is 19.4. The summed E-state index contributed by atoms with van der Waals surface area (Å²) in [5.74, 6) is -0.663. The fourth-order valence-corrected chi connectivity index (χ4v) is 3.28. The summed E-state index contributed by atoms with van der Waals surface area (Å²) in [7, 11) is 0. The van der Waals surface area contributed by atoms with Crippen LogP contribution in [0.4, 0.5) is 35.1 Å². The zero-order valence-corrected chi connectivity index (χ0v) is 22.9. The molecular formula is C30H34F8O. The molecule has 3 aromatic carbocycles. The van der Waals surface area contributed by atoms with Crippen molar-refractivity contribution in [1.29, 1.82) is 0 Å². The van der Waals surface area contributed by atoms with Crippen LogP contribution in [0.1, 0.15) is 87.1 Å². The van der Waals surface area contributed by atoms with Crippen LogP contribution in [-0.4, -0.2) is 6.36 Å². The highest BCUT2D eigenvalue weighted by molar-refractivity contribution is 5.31. The predicted octanol–water partition coefficient (Wildman–Crippen LogP) is 10.9. The van der Waals surface area contributed by atoms with Gasteiger partial charge < -0.3 is 4.74 Å². The minimum absolute atomic E-state index is 0.119. The smallest absolute Gasteiger partial charge is 0.406 e. The zero-order valence-electron chi connectivity index (χ0n) is 22.9. The second kappa shape index (κ2) is 14.3. The van der Waals surface area contributed by atoms with Crippen LogP contribution in [0.15, 0.2) is 60.7 Å². The van der Waals surface area contributed by atoms with E-state index >= 15 is 0 Å². The molecule has 0 amide bonds. The number of rotatable bonds is 4. The first-order valence-corrected chi connectivity index (χ1v) is 12.3. The van der Waals surface area contributed by atoms with Crippen molar-refractivity contribution in [3.8, 4) is 5.75 Å². The van der Waals surface area contributed by atoms with Gasteiger partial charge in [-0.15, -0.1) is 13.2 Å². The van der Waals surface area contributed by atoms with E-state index in [0.717, 1.165) is 28.8 Å². The van der Waals surface area contributed by atoms with Crippen molar-refractivity contribution in [1.82, 2.24) is 0 Å². The maximum Gasteiger partial charge on any atom is 0.573 e. The van der Waals surface area contributed by atoms with Crippen LogP contribution in [0, 0.1) is 18.6 Å². The quantitative estimate of drug-likeness (QED) is 0.288. The average Bonchev–Trinajstić information content (AvgIpc) is 2.77. The van der Waals surface area contributed by atoms with E-state index in [2.05, 4.69) is 18.6 Å². The molecular weight excluding hydrogens is 528 g/mol. The molecule has 3 aromatic rings. The lowest BCUT2D eigenvalue weighted by Gasteiger charge is -2.11. The minimum Gasteiger partial charge on any atom is -0.406 e. The van der Waals surface area contributed by atoms with Crippen LogP contribution in [0.3, 0.4) is 0 Å². The Balaban J connectivity index is 0.000000295. The largest absolute Gasteiger partial charge is 0.573 e. The topological polar surface area (TPSA) is 9.23 Å². The van der Waals surface area contributed by atoms with Gasteiger partial charge in [0.25, 0.3) is 0 Å². The van der Waals surface area contributed by atoms with Gasteiger partial charge in [-0.2, -0.15) is 13.2 Å². The molecule has 39 heavy (non-hydrogen) atoms. The molecule has 0 aromatic heterocycles. The molecule has 0 heterocycles. The van der Waals surface area contributed by atoms with Crippen molar-refractivity contribution in [2.45, 2.75) is 78.8 Å². The van der Waals surface area contributed by atoms with Gasteiger partial charge in [-0.05, 0) is 89.4 Å². The summed E-state index contributed by atoms with van der Waals surface area (Å²) in [6, 6.07) is 13.8. The number of benzene rings is 3. The van der Waals surface area contributed by atoms with E-state index < -0.39 is 23.9 Å². The first kappa shape index (κ1) is 33.9. The van der Waals surface area contributed by atoms with Gasteiger partial charge in [0.1, 0.15) is 17.4 Å². The molecule has 0 saturated carbocycles. The Bertz CT molecular complexity index is 1160. The van der Waals surface area contributed by atoms with Crippen molar-refractivity contribution >= 4 is 0 Å². The van der Waals surface area contributed by atoms with Gasteiger partial charge in [0.05, 0.1) is 5.56 Å². The monoisotopic (exact) mass is 562 g/mol. The van der Waals surface area contributed by atoms with E-state index in [4.69, 9.17) is 0 Å². The Morgan fingerprint density at radius 1 is 0.590 bits per heavy atom. The predicted molar refractivity (Wildman–Crippen MR) is 138 cm³/mol. The molecule has 3 rings (SSSR count). The second-order valence-electron chi connectivity index (χ2n) is 9.92. The van der Waals surface area contributed by atoms with Crippen LogP contribution in [0.5, 0.6) is 5.75 Å². The van der Waals surface area contributed by atoms with Gasteiger partial charge in [-0.25, -0.2) is 8.78 Å². The maximum absolute atomic E-state index is 12.8. The van der Waals surface area contributed by atoms with Gasteiger partial charge in [-0.1, -0.05) is 59.7 Å². The third kappa shape index (κ3) is 13.0. The summed E-state index contributed by atoms with van der Waals surface area (Å²) >= 11 is 0. The number of aryl methyl sites for hydroxylation is 1. The molecule has 0 radical (unpaired) electrons. The zero-order chi connectivity index (χ0) is 30.1. The molecule has 0 saturated heterocycles. The van der Waals surface area contributed by atoms with Gasteiger partial charge in [0.2, 0.25) is 0 Å². The molecule has 0 bridgehead atoms. The lowest BCUT2D eigenvalue weighted by molar-refractivity contribution is -0.274. The highest BCUT2D eigenvalue weighted by Gasteiger charge is 2.32. The molecule has 0 fully saturated rings. The van der Waals surface area contributed by atoms with Crippen molar-refractivity contribution < 1.29 is 39.9 Å². The molecule has 0 spiro atoms. The molecule has 9 heteroatoms. The van der Waals surface area contributed by atoms with Crippen LogP contribution in [-0.2, 0) is 6.18 Å². The second-order valence-corrected chi connectivity index (χ2v) is 9.92. The van der Waals surface area contributed by atoms with E-state index in [0.29, 0.717) is 17.5 Å². The van der Waals surface area contributed by atoms with E-state index in [-0.39, 0.29) is 23.4 Å². The lowest BCUT2D eigenvalue weighted by Crippen LogP contribution is -2.17. The third-order valence-corrected chi connectivity index (χ3v) is 5.40. The van der Waals surface area contributed by atoms with Crippen molar-refractivity contribution in [2.24, 2.45) is 0 Å². The van der Waals surface area contributed by atoms with Crippen LogP contribution in [0.2, 0.25) is 0 Å². The van der Waals surface area contributed by atoms with E-state index in [1.54, 1.807) is 38.1 Å². The molecule has 0 aliphatic heterocycles. The Morgan fingerprint density at radius 3 is 1.51 bits per heavy atom. The summed E-state index contributed by atoms with van der Waals surface area (Å²) in [5, 5.41) is 0. The minimum atomic E-state index is -4.62. The Kier molecular flexibility index (Phi) is 12.5. The molecule has 0 unspecified atom stereocenters. The van der Waals surface area contributed by atoms with Crippen molar-refractivity contribution in [3.63, 3.8) is 0 Å². The number of hydrogen-bond donors (Lipinski definition) is 0. The fourth-order valence-electron chi connectivity index (χ4n) is 3.28. The van der Waals surface area contributed by atoms with Gasteiger partial charge >= 0.3 is 12.5 Å². The molecule has 0 N–H and O–H groups in total. The number of halogens is 8. The van der Waals surface area contributed by atoms with Crippen molar-refractivity contribution in [3.05, 3.63) is 100 Å². The van der Waals surface area contributed by atoms with Gasteiger partial charge in [0.15, 0.2) is 0 Å².